The van der Waals surface area contributed by atoms with Gasteiger partial charge in [0.05, 0.1) is 24.0 Å². The normalized spacial score (nSPS) is 22.0. The minimum atomic E-state index is -3.19. The van der Waals surface area contributed by atoms with Crippen LogP contribution in [-0.4, -0.2) is 26.8 Å². The molecule has 0 radical (unpaired) electrons. The molecule has 0 aromatic heterocycles. The quantitative estimate of drug-likeness (QED) is 0.872. The van der Waals surface area contributed by atoms with Crippen LogP contribution in [-0.2, 0) is 10.0 Å². The number of nitrogens with one attached hydrogen (secondary N) is 1. The first-order chi connectivity index (χ1) is 10.5. The molecule has 1 aliphatic carbocycles. The Balaban J connectivity index is 1.95. The average molecular weight is 322 g/mol. The third kappa shape index (κ3) is 4.72. The summed E-state index contributed by atoms with van der Waals surface area (Å²) >= 11 is 0. The van der Waals surface area contributed by atoms with Crippen LogP contribution in [0.1, 0.15) is 38.2 Å². The molecule has 6 heteroatoms. The van der Waals surface area contributed by atoms with Crippen LogP contribution in [0.5, 0.6) is 5.75 Å². The summed E-state index contributed by atoms with van der Waals surface area (Å²) in [5.41, 5.74) is 0.596. The van der Waals surface area contributed by atoms with Gasteiger partial charge in [0.15, 0.2) is 0 Å². The molecule has 0 saturated heterocycles. The Morgan fingerprint density at radius 2 is 1.95 bits per heavy atom. The van der Waals surface area contributed by atoms with Gasteiger partial charge in [-0.2, -0.15) is 5.26 Å². The van der Waals surface area contributed by atoms with E-state index >= 15 is 0 Å². The van der Waals surface area contributed by atoms with Gasteiger partial charge in [-0.25, -0.2) is 13.1 Å². The molecule has 2 rings (SSSR count). The first kappa shape index (κ1) is 16.8. The maximum atomic E-state index is 11.8. The molecule has 22 heavy (non-hydrogen) atoms. The summed E-state index contributed by atoms with van der Waals surface area (Å²) in [5.74, 6) is 1.000. The Bertz CT molecular complexity index is 620. The molecular weight excluding hydrogens is 300 g/mol. The Morgan fingerprint density at radius 3 is 2.59 bits per heavy atom. The predicted molar refractivity (Wildman–Crippen MR) is 85.0 cm³/mol. The fourth-order valence-corrected chi connectivity index (χ4v) is 3.64. The zero-order chi connectivity index (χ0) is 16.0. The van der Waals surface area contributed by atoms with E-state index in [-0.39, 0.29) is 17.7 Å². The van der Waals surface area contributed by atoms with Crippen LogP contribution in [0.15, 0.2) is 24.3 Å². The molecular formula is C16H22N2O3S. The van der Waals surface area contributed by atoms with Crippen LogP contribution in [0, 0.1) is 17.2 Å². The Labute approximate surface area is 132 Å². The van der Waals surface area contributed by atoms with Gasteiger partial charge in [-0.05, 0) is 44.0 Å². The van der Waals surface area contributed by atoms with E-state index in [4.69, 9.17) is 10.00 Å². The molecule has 1 aromatic rings. The van der Waals surface area contributed by atoms with Gasteiger partial charge in [0.25, 0.3) is 0 Å². The average Bonchev–Trinajstić information content (AvgIpc) is 2.54. The highest BCUT2D eigenvalue weighted by molar-refractivity contribution is 7.89. The van der Waals surface area contributed by atoms with Crippen molar-refractivity contribution >= 4 is 10.0 Å². The standard InChI is InChI=1S/C16H22N2O3S/c1-2-22(19,20)18-16-6-4-3-5-14(16)12-21-15-9-7-13(11-17)8-10-15/h7-10,14,16,18H,2-6,12H2,1H3/t14-,16+/m0/s1. The third-order valence-corrected chi connectivity index (χ3v) is 5.49. The van der Waals surface area contributed by atoms with E-state index in [9.17, 15) is 8.42 Å². The highest BCUT2D eigenvalue weighted by Gasteiger charge is 2.28. The number of sulfonamides is 1. The molecule has 0 bridgehead atoms. The first-order valence-electron chi connectivity index (χ1n) is 7.67. The largest absolute Gasteiger partial charge is 0.493 e. The molecule has 1 aromatic carbocycles. The van der Waals surface area contributed by atoms with Crippen LogP contribution < -0.4 is 9.46 Å². The molecule has 0 heterocycles. The van der Waals surface area contributed by atoms with Crippen LogP contribution >= 0.6 is 0 Å². The van der Waals surface area contributed by atoms with Crippen LogP contribution in [0.3, 0.4) is 0 Å². The number of hydrogen-bond donors (Lipinski definition) is 1. The molecule has 0 spiro atoms. The SMILES string of the molecule is CCS(=O)(=O)N[C@@H]1CCCC[C@H]1COc1ccc(C#N)cc1. The van der Waals surface area contributed by atoms with Crippen molar-refractivity contribution in [1.29, 1.82) is 5.26 Å². The van der Waals surface area contributed by atoms with Gasteiger partial charge in [0, 0.05) is 12.0 Å². The summed E-state index contributed by atoms with van der Waals surface area (Å²) in [6.07, 6.45) is 3.98. The lowest BCUT2D eigenvalue weighted by molar-refractivity contribution is 0.180. The van der Waals surface area contributed by atoms with Crippen molar-refractivity contribution in [3.05, 3.63) is 29.8 Å². The van der Waals surface area contributed by atoms with E-state index in [1.165, 1.54) is 0 Å². The minimum absolute atomic E-state index is 0.0444. The van der Waals surface area contributed by atoms with Gasteiger partial charge in [0.2, 0.25) is 10.0 Å². The van der Waals surface area contributed by atoms with Crippen LogP contribution in [0.25, 0.3) is 0 Å². The van der Waals surface area contributed by atoms with Crippen molar-refractivity contribution in [3.8, 4) is 11.8 Å². The molecule has 1 N–H and O–H groups in total. The van der Waals surface area contributed by atoms with E-state index < -0.39 is 10.0 Å². The van der Waals surface area contributed by atoms with E-state index in [0.29, 0.717) is 17.9 Å². The molecule has 0 amide bonds. The number of nitriles is 1. The maximum absolute atomic E-state index is 11.8. The summed E-state index contributed by atoms with van der Waals surface area (Å²) in [6, 6.07) is 8.99. The van der Waals surface area contributed by atoms with Gasteiger partial charge in [-0.3, -0.25) is 0 Å². The van der Waals surface area contributed by atoms with E-state index in [1.54, 1.807) is 31.2 Å². The Morgan fingerprint density at radius 1 is 1.27 bits per heavy atom. The summed E-state index contributed by atoms with van der Waals surface area (Å²) in [4.78, 5) is 0. The number of ether oxygens (including phenoxy) is 1. The molecule has 120 valence electrons. The smallest absolute Gasteiger partial charge is 0.211 e. The van der Waals surface area contributed by atoms with Crippen molar-refractivity contribution in [1.82, 2.24) is 4.72 Å². The minimum Gasteiger partial charge on any atom is -0.493 e. The lowest BCUT2D eigenvalue weighted by Crippen LogP contribution is -2.44. The summed E-state index contributed by atoms with van der Waals surface area (Å²) in [6.45, 7) is 2.14. The zero-order valence-electron chi connectivity index (χ0n) is 12.8. The van der Waals surface area contributed by atoms with E-state index in [2.05, 4.69) is 10.8 Å². The lowest BCUT2D eigenvalue weighted by Gasteiger charge is -2.31. The van der Waals surface area contributed by atoms with Gasteiger partial charge in [-0.1, -0.05) is 12.8 Å². The van der Waals surface area contributed by atoms with E-state index in [0.717, 1.165) is 25.7 Å². The maximum Gasteiger partial charge on any atom is 0.211 e. The third-order valence-electron chi connectivity index (χ3n) is 4.07. The molecule has 1 fully saturated rings. The predicted octanol–water partition coefficient (Wildman–Crippen LogP) is 2.44. The second-order valence-corrected chi connectivity index (χ2v) is 7.66. The zero-order valence-corrected chi connectivity index (χ0v) is 13.6. The number of hydrogen-bond acceptors (Lipinski definition) is 4. The second-order valence-electron chi connectivity index (χ2n) is 5.62. The lowest BCUT2D eigenvalue weighted by atomic mass is 9.86. The molecule has 2 atom stereocenters. The summed E-state index contributed by atoms with van der Waals surface area (Å²) in [7, 11) is -3.19. The first-order valence-corrected chi connectivity index (χ1v) is 9.32. The summed E-state index contributed by atoms with van der Waals surface area (Å²) < 4.78 is 32.1. The number of benzene rings is 1. The number of nitrogens with zero attached hydrogens (tertiary/aromatic N) is 1. The van der Waals surface area contributed by atoms with Gasteiger partial charge in [-0.15, -0.1) is 0 Å². The van der Waals surface area contributed by atoms with Gasteiger partial charge < -0.3 is 4.74 Å². The molecule has 1 saturated carbocycles. The number of rotatable bonds is 6. The fourth-order valence-electron chi connectivity index (χ4n) is 2.71. The fraction of sp³-hybridized carbons (Fsp3) is 0.562. The Kier molecular flexibility index (Phi) is 5.81. The summed E-state index contributed by atoms with van der Waals surface area (Å²) in [5, 5.41) is 8.77. The van der Waals surface area contributed by atoms with Crippen LogP contribution in [0.2, 0.25) is 0 Å². The van der Waals surface area contributed by atoms with Crippen molar-refractivity contribution in [2.75, 3.05) is 12.4 Å². The molecule has 0 unspecified atom stereocenters. The second kappa shape index (κ2) is 7.61. The monoisotopic (exact) mass is 322 g/mol. The topological polar surface area (TPSA) is 79.2 Å². The highest BCUT2D eigenvalue weighted by Crippen LogP contribution is 2.26. The van der Waals surface area contributed by atoms with Crippen LogP contribution in [0.4, 0.5) is 0 Å². The highest BCUT2D eigenvalue weighted by atomic mass is 32.2. The van der Waals surface area contributed by atoms with E-state index in [1.807, 2.05) is 0 Å². The molecule has 0 aliphatic heterocycles. The van der Waals surface area contributed by atoms with Crippen molar-refractivity contribution in [2.24, 2.45) is 5.92 Å². The van der Waals surface area contributed by atoms with Crippen molar-refractivity contribution in [2.45, 2.75) is 38.6 Å². The van der Waals surface area contributed by atoms with Gasteiger partial charge >= 0.3 is 0 Å². The van der Waals surface area contributed by atoms with Crippen molar-refractivity contribution in [3.63, 3.8) is 0 Å². The Hall–Kier alpha value is -1.58. The van der Waals surface area contributed by atoms with Crippen molar-refractivity contribution < 1.29 is 13.2 Å². The molecule has 5 nitrogen and oxygen atoms in total. The molecule has 1 aliphatic rings. The van der Waals surface area contributed by atoms with Gasteiger partial charge in [0.1, 0.15) is 5.75 Å².